The quantitative estimate of drug-likeness (QED) is 0.749. The Labute approximate surface area is 109 Å². The lowest BCUT2D eigenvalue weighted by atomic mass is 9.98. The smallest absolute Gasteiger partial charge is 0.223 e. The second-order valence-electron chi connectivity index (χ2n) is 5.37. The molecule has 5 heteroatoms. The van der Waals surface area contributed by atoms with Crippen LogP contribution < -0.4 is 10.6 Å². The van der Waals surface area contributed by atoms with Crippen LogP contribution in [-0.4, -0.2) is 51.0 Å². The van der Waals surface area contributed by atoms with Gasteiger partial charge < -0.3 is 20.1 Å². The molecule has 104 valence electrons. The molecule has 1 amide bonds. The molecule has 1 heterocycles. The number of ether oxygens (including phenoxy) is 2. The SMILES string of the molecule is COCC1(NC(=O)C[C@@H]2CNCCO2)CCCC1. The van der Waals surface area contributed by atoms with Gasteiger partial charge in [-0.15, -0.1) is 0 Å². The van der Waals surface area contributed by atoms with E-state index in [-0.39, 0.29) is 17.6 Å². The Kier molecular flexibility index (Phi) is 4.97. The number of rotatable bonds is 5. The molecule has 18 heavy (non-hydrogen) atoms. The molecule has 0 aromatic carbocycles. The molecule has 0 aromatic rings. The van der Waals surface area contributed by atoms with E-state index in [1.807, 2.05) is 0 Å². The summed E-state index contributed by atoms with van der Waals surface area (Å²) in [5.74, 6) is 0.0858. The number of amides is 1. The van der Waals surface area contributed by atoms with E-state index in [1.54, 1.807) is 7.11 Å². The van der Waals surface area contributed by atoms with E-state index in [1.165, 1.54) is 12.8 Å². The molecular weight excluding hydrogens is 232 g/mol. The first-order valence-corrected chi connectivity index (χ1v) is 6.86. The van der Waals surface area contributed by atoms with E-state index in [9.17, 15) is 4.79 Å². The van der Waals surface area contributed by atoms with Gasteiger partial charge in [0.15, 0.2) is 0 Å². The fourth-order valence-corrected chi connectivity index (χ4v) is 2.94. The van der Waals surface area contributed by atoms with E-state index < -0.39 is 0 Å². The molecule has 1 aliphatic heterocycles. The van der Waals surface area contributed by atoms with E-state index in [4.69, 9.17) is 9.47 Å². The van der Waals surface area contributed by atoms with Crippen LogP contribution in [0.2, 0.25) is 0 Å². The molecule has 1 aliphatic carbocycles. The standard InChI is InChI=1S/C13H24N2O3/c1-17-10-13(4-2-3-5-13)15-12(16)8-11-9-14-6-7-18-11/h11,14H,2-10H2,1H3,(H,15,16)/t11-/m1/s1. The zero-order valence-corrected chi connectivity index (χ0v) is 11.2. The molecule has 2 rings (SSSR count). The molecule has 1 saturated heterocycles. The summed E-state index contributed by atoms with van der Waals surface area (Å²) in [4.78, 5) is 12.1. The lowest BCUT2D eigenvalue weighted by Crippen LogP contribution is -2.51. The van der Waals surface area contributed by atoms with Crippen molar-refractivity contribution in [2.75, 3.05) is 33.4 Å². The van der Waals surface area contributed by atoms with Crippen LogP contribution >= 0.6 is 0 Å². The Hall–Kier alpha value is -0.650. The Balaban J connectivity index is 1.81. The Morgan fingerprint density at radius 3 is 2.89 bits per heavy atom. The highest BCUT2D eigenvalue weighted by atomic mass is 16.5. The topological polar surface area (TPSA) is 59.6 Å². The molecule has 2 N–H and O–H groups in total. The van der Waals surface area contributed by atoms with Crippen LogP contribution in [0.3, 0.4) is 0 Å². The summed E-state index contributed by atoms with van der Waals surface area (Å²) in [5, 5.41) is 6.41. The summed E-state index contributed by atoms with van der Waals surface area (Å²) in [5.41, 5.74) is -0.131. The summed E-state index contributed by atoms with van der Waals surface area (Å²) in [6, 6.07) is 0. The third kappa shape index (κ3) is 3.67. The average molecular weight is 256 g/mol. The van der Waals surface area contributed by atoms with Crippen LogP contribution in [-0.2, 0) is 14.3 Å². The van der Waals surface area contributed by atoms with Crippen LogP contribution in [0.1, 0.15) is 32.1 Å². The highest BCUT2D eigenvalue weighted by Crippen LogP contribution is 2.30. The minimum absolute atomic E-state index is 0.0137. The predicted molar refractivity (Wildman–Crippen MR) is 68.4 cm³/mol. The number of hydrogen-bond donors (Lipinski definition) is 2. The summed E-state index contributed by atoms with van der Waals surface area (Å²) in [7, 11) is 1.69. The normalized spacial score (nSPS) is 27.1. The number of hydrogen-bond acceptors (Lipinski definition) is 4. The zero-order valence-electron chi connectivity index (χ0n) is 11.2. The maximum Gasteiger partial charge on any atom is 0.223 e. The number of carbonyl (C=O) groups is 1. The third-order valence-electron chi connectivity index (χ3n) is 3.80. The number of carbonyl (C=O) groups excluding carboxylic acids is 1. The summed E-state index contributed by atoms with van der Waals surface area (Å²) < 4.78 is 10.8. The zero-order chi connectivity index (χ0) is 12.8. The van der Waals surface area contributed by atoms with Gasteiger partial charge >= 0.3 is 0 Å². The van der Waals surface area contributed by atoms with Gasteiger partial charge in [0, 0.05) is 20.2 Å². The maximum absolute atomic E-state index is 12.1. The summed E-state index contributed by atoms with van der Waals surface area (Å²) >= 11 is 0. The minimum Gasteiger partial charge on any atom is -0.382 e. The third-order valence-corrected chi connectivity index (χ3v) is 3.80. The highest BCUT2D eigenvalue weighted by molar-refractivity contribution is 5.77. The van der Waals surface area contributed by atoms with Gasteiger partial charge in [-0.3, -0.25) is 4.79 Å². The Bertz CT molecular complexity index is 271. The summed E-state index contributed by atoms with van der Waals surface area (Å²) in [6.45, 7) is 2.96. The first kappa shape index (κ1) is 13.8. The Morgan fingerprint density at radius 2 is 2.28 bits per heavy atom. The van der Waals surface area contributed by atoms with Crippen molar-refractivity contribution < 1.29 is 14.3 Å². The molecular formula is C13H24N2O3. The molecule has 2 fully saturated rings. The lowest BCUT2D eigenvalue weighted by molar-refractivity contribution is -0.127. The number of nitrogens with one attached hydrogen (secondary N) is 2. The fraction of sp³-hybridized carbons (Fsp3) is 0.923. The lowest BCUT2D eigenvalue weighted by Gasteiger charge is -2.31. The van der Waals surface area contributed by atoms with Crippen molar-refractivity contribution in [2.24, 2.45) is 0 Å². The van der Waals surface area contributed by atoms with E-state index in [2.05, 4.69) is 10.6 Å². The largest absolute Gasteiger partial charge is 0.382 e. The van der Waals surface area contributed by atoms with Gasteiger partial charge in [-0.1, -0.05) is 12.8 Å². The Morgan fingerprint density at radius 1 is 1.50 bits per heavy atom. The van der Waals surface area contributed by atoms with Crippen molar-refractivity contribution in [1.29, 1.82) is 0 Å². The van der Waals surface area contributed by atoms with Crippen LogP contribution in [0.25, 0.3) is 0 Å². The van der Waals surface area contributed by atoms with E-state index in [0.29, 0.717) is 19.6 Å². The average Bonchev–Trinajstić information content (AvgIpc) is 2.79. The van der Waals surface area contributed by atoms with Crippen molar-refractivity contribution in [2.45, 2.75) is 43.7 Å². The molecule has 0 bridgehead atoms. The number of morpholine rings is 1. The monoisotopic (exact) mass is 256 g/mol. The van der Waals surface area contributed by atoms with E-state index >= 15 is 0 Å². The van der Waals surface area contributed by atoms with Crippen molar-refractivity contribution in [3.8, 4) is 0 Å². The molecule has 1 saturated carbocycles. The second-order valence-corrected chi connectivity index (χ2v) is 5.37. The molecule has 1 atom stereocenters. The van der Waals surface area contributed by atoms with Gasteiger partial charge in [0.05, 0.1) is 31.3 Å². The van der Waals surface area contributed by atoms with Crippen molar-refractivity contribution in [3.05, 3.63) is 0 Å². The molecule has 0 spiro atoms. The van der Waals surface area contributed by atoms with Gasteiger partial charge in [-0.25, -0.2) is 0 Å². The van der Waals surface area contributed by atoms with Crippen LogP contribution in [0.4, 0.5) is 0 Å². The van der Waals surface area contributed by atoms with Crippen LogP contribution in [0.15, 0.2) is 0 Å². The molecule has 0 radical (unpaired) electrons. The molecule has 0 aromatic heterocycles. The van der Waals surface area contributed by atoms with Crippen LogP contribution in [0, 0.1) is 0 Å². The second kappa shape index (κ2) is 6.50. The molecule has 0 unspecified atom stereocenters. The minimum atomic E-state index is -0.131. The van der Waals surface area contributed by atoms with Crippen molar-refractivity contribution in [1.82, 2.24) is 10.6 Å². The summed E-state index contributed by atoms with van der Waals surface area (Å²) in [6.07, 6.45) is 4.85. The number of methoxy groups -OCH3 is 1. The van der Waals surface area contributed by atoms with Crippen LogP contribution in [0.5, 0.6) is 0 Å². The van der Waals surface area contributed by atoms with Gasteiger partial charge in [-0.05, 0) is 12.8 Å². The first-order chi connectivity index (χ1) is 8.74. The predicted octanol–water partition coefficient (Wildman–Crippen LogP) is 0.440. The fourth-order valence-electron chi connectivity index (χ4n) is 2.94. The molecule has 2 aliphatic rings. The van der Waals surface area contributed by atoms with Gasteiger partial charge in [-0.2, -0.15) is 0 Å². The van der Waals surface area contributed by atoms with Gasteiger partial charge in [0.2, 0.25) is 5.91 Å². The van der Waals surface area contributed by atoms with E-state index in [0.717, 1.165) is 25.9 Å². The van der Waals surface area contributed by atoms with Gasteiger partial charge in [0.1, 0.15) is 0 Å². The maximum atomic E-state index is 12.1. The first-order valence-electron chi connectivity index (χ1n) is 6.86. The van der Waals surface area contributed by atoms with Crippen molar-refractivity contribution in [3.63, 3.8) is 0 Å². The highest BCUT2D eigenvalue weighted by Gasteiger charge is 2.35. The van der Waals surface area contributed by atoms with Gasteiger partial charge in [0.25, 0.3) is 0 Å². The van der Waals surface area contributed by atoms with Crippen molar-refractivity contribution >= 4 is 5.91 Å². The molecule has 5 nitrogen and oxygen atoms in total.